The average molecular weight is 214 g/mol. The summed E-state index contributed by atoms with van der Waals surface area (Å²) in [6.45, 7) is 0. The smallest absolute Gasteiger partial charge is 0.124 e. The van der Waals surface area contributed by atoms with Gasteiger partial charge in [-0.1, -0.05) is 0 Å². The van der Waals surface area contributed by atoms with E-state index in [0.717, 1.165) is 15.6 Å². The van der Waals surface area contributed by atoms with Gasteiger partial charge in [-0.15, -0.1) is 22.9 Å². The Balaban J connectivity index is 2.87. The molecule has 0 fully saturated rings. The van der Waals surface area contributed by atoms with Crippen molar-refractivity contribution in [3.63, 3.8) is 0 Å². The number of halogens is 1. The molecule has 1 heterocycles. The predicted molar refractivity (Wildman–Crippen MR) is 57.5 cm³/mol. The first-order valence-corrected chi connectivity index (χ1v) is 5.19. The molecular formula is C9H8ClNOS. The molecule has 0 atom stereocenters. The van der Waals surface area contributed by atoms with Crippen LogP contribution in [0.2, 0.25) is 0 Å². The van der Waals surface area contributed by atoms with E-state index in [1.807, 2.05) is 5.38 Å². The summed E-state index contributed by atoms with van der Waals surface area (Å²) in [5.74, 6) is 0.651. The minimum absolute atomic E-state index is 0.251. The molecule has 0 saturated carbocycles. The van der Waals surface area contributed by atoms with Crippen LogP contribution in [0.1, 0.15) is 5.56 Å². The fourth-order valence-electron chi connectivity index (χ4n) is 1.31. The molecule has 0 aliphatic heterocycles. The van der Waals surface area contributed by atoms with Crippen molar-refractivity contribution in [2.24, 2.45) is 0 Å². The van der Waals surface area contributed by atoms with Gasteiger partial charge in [0.05, 0.1) is 4.70 Å². The van der Waals surface area contributed by atoms with Gasteiger partial charge in [-0.2, -0.15) is 0 Å². The minimum atomic E-state index is 0.251. The van der Waals surface area contributed by atoms with Crippen LogP contribution in [0.25, 0.3) is 10.1 Å². The van der Waals surface area contributed by atoms with Gasteiger partial charge in [-0.25, -0.2) is 0 Å². The number of nitrogens with two attached hydrogens (primary N) is 1. The van der Waals surface area contributed by atoms with Gasteiger partial charge in [0, 0.05) is 17.0 Å². The SMILES string of the molecule is Nc1ccc(O)c2c(CCl)csc12. The maximum Gasteiger partial charge on any atom is 0.124 e. The third kappa shape index (κ3) is 1.24. The number of hydrogen-bond acceptors (Lipinski definition) is 3. The maximum atomic E-state index is 9.59. The number of fused-ring (bicyclic) bond motifs is 1. The number of aromatic hydroxyl groups is 1. The second-order valence-corrected chi connectivity index (χ2v) is 3.92. The van der Waals surface area contributed by atoms with Crippen LogP contribution in [0.3, 0.4) is 0 Å². The van der Waals surface area contributed by atoms with Gasteiger partial charge < -0.3 is 10.8 Å². The third-order valence-electron chi connectivity index (χ3n) is 1.95. The first-order valence-electron chi connectivity index (χ1n) is 3.77. The molecule has 3 N–H and O–H groups in total. The Morgan fingerprint density at radius 1 is 1.46 bits per heavy atom. The van der Waals surface area contributed by atoms with Crippen LogP contribution in [0.15, 0.2) is 17.5 Å². The van der Waals surface area contributed by atoms with E-state index in [1.165, 1.54) is 11.3 Å². The monoisotopic (exact) mass is 213 g/mol. The summed E-state index contributed by atoms with van der Waals surface area (Å²) in [6.07, 6.45) is 0. The van der Waals surface area contributed by atoms with Gasteiger partial charge in [0.1, 0.15) is 5.75 Å². The van der Waals surface area contributed by atoms with Gasteiger partial charge in [-0.3, -0.25) is 0 Å². The van der Waals surface area contributed by atoms with E-state index in [4.69, 9.17) is 17.3 Å². The van der Waals surface area contributed by atoms with E-state index in [-0.39, 0.29) is 5.75 Å². The number of rotatable bonds is 1. The Labute approximate surface area is 84.6 Å². The molecule has 4 heteroatoms. The van der Waals surface area contributed by atoms with Crippen molar-refractivity contribution in [1.29, 1.82) is 0 Å². The molecule has 0 aliphatic carbocycles. The summed E-state index contributed by atoms with van der Waals surface area (Å²) in [5.41, 5.74) is 7.37. The van der Waals surface area contributed by atoms with E-state index < -0.39 is 0 Å². The van der Waals surface area contributed by atoms with Gasteiger partial charge in [0.15, 0.2) is 0 Å². The summed E-state index contributed by atoms with van der Waals surface area (Å²) in [7, 11) is 0. The van der Waals surface area contributed by atoms with Crippen molar-refractivity contribution in [3.8, 4) is 5.75 Å². The number of hydrogen-bond donors (Lipinski definition) is 2. The average Bonchev–Trinajstić information content (AvgIpc) is 2.56. The van der Waals surface area contributed by atoms with Crippen LogP contribution in [-0.2, 0) is 5.88 Å². The molecule has 0 radical (unpaired) electrons. The number of nitrogen functional groups attached to an aromatic ring is 1. The van der Waals surface area contributed by atoms with Crippen LogP contribution >= 0.6 is 22.9 Å². The number of anilines is 1. The highest BCUT2D eigenvalue weighted by atomic mass is 35.5. The van der Waals surface area contributed by atoms with E-state index in [0.29, 0.717) is 11.6 Å². The summed E-state index contributed by atoms with van der Waals surface area (Å²) in [6, 6.07) is 3.30. The third-order valence-corrected chi connectivity index (χ3v) is 3.32. The van der Waals surface area contributed by atoms with Gasteiger partial charge in [0.25, 0.3) is 0 Å². The highest BCUT2D eigenvalue weighted by Crippen LogP contribution is 2.37. The molecule has 68 valence electrons. The lowest BCUT2D eigenvalue weighted by Crippen LogP contribution is -1.84. The molecular weight excluding hydrogens is 206 g/mol. The Kier molecular flexibility index (Phi) is 2.06. The normalized spacial score (nSPS) is 10.8. The molecule has 2 aromatic rings. The zero-order valence-electron chi connectivity index (χ0n) is 6.75. The number of thiophene rings is 1. The van der Waals surface area contributed by atoms with Crippen molar-refractivity contribution >= 4 is 38.7 Å². The number of phenolic OH excluding ortho intramolecular Hbond substituents is 1. The summed E-state index contributed by atoms with van der Waals surface area (Å²) < 4.78 is 0.913. The lowest BCUT2D eigenvalue weighted by molar-refractivity contribution is 0.481. The largest absolute Gasteiger partial charge is 0.507 e. The Morgan fingerprint density at radius 2 is 2.23 bits per heavy atom. The Morgan fingerprint density at radius 3 is 2.92 bits per heavy atom. The topological polar surface area (TPSA) is 46.2 Å². The lowest BCUT2D eigenvalue weighted by Gasteiger charge is -1.99. The van der Waals surface area contributed by atoms with Gasteiger partial charge in [0.2, 0.25) is 0 Å². The van der Waals surface area contributed by atoms with Crippen molar-refractivity contribution in [2.75, 3.05) is 5.73 Å². The van der Waals surface area contributed by atoms with Crippen LogP contribution in [-0.4, -0.2) is 5.11 Å². The van der Waals surface area contributed by atoms with Crippen LogP contribution < -0.4 is 5.73 Å². The molecule has 13 heavy (non-hydrogen) atoms. The van der Waals surface area contributed by atoms with Crippen molar-refractivity contribution < 1.29 is 5.11 Å². The summed E-state index contributed by atoms with van der Waals surface area (Å²) in [4.78, 5) is 0. The van der Waals surface area contributed by atoms with Gasteiger partial charge in [-0.05, 0) is 23.1 Å². The predicted octanol–water partition coefficient (Wildman–Crippen LogP) is 2.93. The Bertz CT molecular complexity index is 452. The zero-order valence-corrected chi connectivity index (χ0v) is 8.32. The first kappa shape index (κ1) is 8.66. The molecule has 0 aliphatic rings. The van der Waals surface area contributed by atoms with E-state index in [1.54, 1.807) is 12.1 Å². The van der Waals surface area contributed by atoms with Crippen molar-refractivity contribution in [3.05, 3.63) is 23.1 Å². The number of benzene rings is 1. The zero-order chi connectivity index (χ0) is 9.42. The van der Waals surface area contributed by atoms with Crippen molar-refractivity contribution in [1.82, 2.24) is 0 Å². The standard InChI is InChI=1S/C9H8ClNOS/c10-3-5-4-13-9-6(11)1-2-7(12)8(5)9/h1-2,4,12H,3,11H2. The number of alkyl halides is 1. The molecule has 0 spiro atoms. The molecule has 2 nitrogen and oxygen atoms in total. The van der Waals surface area contributed by atoms with Crippen LogP contribution in [0.4, 0.5) is 5.69 Å². The van der Waals surface area contributed by atoms with E-state index in [9.17, 15) is 5.11 Å². The molecule has 0 saturated heterocycles. The minimum Gasteiger partial charge on any atom is -0.507 e. The molecule has 0 unspecified atom stereocenters. The quantitative estimate of drug-likeness (QED) is 0.435. The molecule has 0 bridgehead atoms. The highest BCUT2D eigenvalue weighted by Gasteiger charge is 2.09. The molecule has 1 aromatic carbocycles. The van der Waals surface area contributed by atoms with E-state index in [2.05, 4.69) is 0 Å². The number of phenols is 1. The fourth-order valence-corrected chi connectivity index (χ4v) is 2.63. The summed E-state index contributed by atoms with van der Waals surface area (Å²) >= 11 is 7.24. The second-order valence-electron chi connectivity index (χ2n) is 2.77. The van der Waals surface area contributed by atoms with Crippen molar-refractivity contribution in [2.45, 2.75) is 5.88 Å². The Hall–Kier alpha value is -0.930. The van der Waals surface area contributed by atoms with Crippen LogP contribution in [0.5, 0.6) is 5.75 Å². The second kappa shape index (κ2) is 3.09. The van der Waals surface area contributed by atoms with Gasteiger partial charge >= 0.3 is 0 Å². The molecule has 0 amide bonds. The molecule has 1 aromatic heterocycles. The van der Waals surface area contributed by atoms with Crippen LogP contribution in [0, 0.1) is 0 Å². The summed E-state index contributed by atoms with van der Waals surface area (Å²) in [5, 5.41) is 12.3. The highest BCUT2D eigenvalue weighted by molar-refractivity contribution is 7.18. The lowest BCUT2D eigenvalue weighted by atomic mass is 10.1. The molecule has 2 rings (SSSR count). The first-order chi connectivity index (χ1) is 6.24. The van der Waals surface area contributed by atoms with E-state index >= 15 is 0 Å². The maximum absolute atomic E-state index is 9.59. The fraction of sp³-hybridized carbons (Fsp3) is 0.111.